The van der Waals surface area contributed by atoms with Crippen LogP contribution in [0.15, 0.2) is 35.5 Å². The summed E-state index contributed by atoms with van der Waals surface area (Å²) in [5, 5.41) is 3.53. The van der Waals surface area contributed by atoms with Gasteiger partial charge in [0.25, 0.3) is 0 Å². The van der Waals surface area contributed by atoms with Crippen LogP contribution in [0.3, 0.4) is 0 Å². The summed E-state index contributed by atoms with van der Waals surface area (Å²) in [6, 6.07) is 8.44. The smallest absolute Gasteiger partial charge is 0.194 e. The molecule has 0 atom stereocenters. The average molecular weight is 537 g/mol. The molecule has 3 heterocycles. The Bertz CT molecular complexity index is 915. The number of rotatable bonds is 5. The van der Waals surface area contributed by atoms with E-state index in [1.54, 1.807) is 14.2 Å². The highest BCUT2D eigenvalue weighted by Gasteiger charge is 2.22. The van der Waals surface area contributed by atoms with Crippen molar-refractivity contribution < 1.29 is 9.47 Å². The summed E-state index contributed by atoms with van der Waals surface area (Å²) in [7, 11) is 5.20. The Morgan fingerprint density at radius 2 is 1.77 bits per heavy atom. The van der Waals surface area contributed by atoms with Crippen LogP contribution in [0, 0.1) is 0 Å². The number of ether oxygens (including phenoxy) is 2. The number of methoxy groups -OCH3 is 2. The number of anilines is 1. The number of aliphatic imine (C=N–C) groups is 1. The van der Waals surface area contributed by atoms with Crippen molar-refractivity contribution in [1.29, 1.82) is 0 Å². The molecule has 2 aliphatic rings. The van der Waals surface area contributed by atoms with Gasteiger partial charge in [0.2, 0.25) is 0 Å². The third kappa shape index (κ3) is 5.34. The number of hydrogen-bond donors (Lipinski definition) is 1. The normalized spacial score (nSPS) is 15.9. The van der Waals surface area contributed by atoms with Gasteiger partial charge in [-0.25, -0.2) is 4.98 Å². The van der Waals surface area contributed by atoms with Crippen LogP contribution < -0.4 is 19.7 Å². The summed E-state index contributed by atoms with van der Waals surface area (Å²) in [6.07, 6.45) is 5.36. The first-order chi connectivity index (χ1) is 14.7. The lowest BCUT2D eigenvalue weighted by Crippen LogP contribution is -2.43. The van der Waals surface area contributed by atoms with Crippen LogP contribution in [0.5, 0.6) is 11.5 Å². The topological polar surface area (TPSA) is 62.2 Å². The molecule has 7 nitrogen and oxygen atoms in total. The molecule has 8 heteroatoms. The van der Waals surface area contributed by atoms with E-state index in [-0.39, 0.29) is 24.0 Å². The van der Waals surface area contributed by atoms with Gasteiger partial charge in [0.05, 0.1) is 14.2 Å². The van der Waals surface area contributed by atoms with E-state index < -0.39 is 0 Å². The quantitative estimate of drug-likeness (QED) is 0.358. The number of nitrogens with zero attached hydrogens (tertiary/aromatic N) is 4. The largest absolute Gasteiger partial charge is 0.493 e. The fourth-order valence-corrected chi connectivity index (χ4v) is 4.27. The second-order valence-electron chi connectivity index (χ2n) is 7.76. The molecule has 1 fully saturated rings. The monoisotopic (exact) mass is 537 g/mol. The number of fused-ring (bicyclic) bond motifs is 1. The second-order valence-corrected chi connectivity index (χ2v) is 7.76. The fraction of sp³-hybridized carbons (Fsp3) is 0.478. The number of guanidine groups is 1. The minimum atomic E-state index is 0. The molecule has 0 unspecified atom stereocenters. The molecule has 1 N–H and O–H groups in total. The highest BCUT2D eigenvalue weighted by Crippen LogP contribution is 2.33. The lowest BCUT2D eigenvalue weighted by atomic mass is 9.99. The number of nitrogens with one attached hydrogen (secondary N) is 1. The zero-order valence-electron chi connectivity index (χ0n) is 18.6. The van der Waals surface area contributed by atoms with Gasteiger partial charge >= 0.3 is 0 Å². The van der Waals surface area contributed by atoms with Gasteiger partial charge in [-0.05, 0) is 60.2 Å². The molecule has 1 saturated heterocycles. The lowest BCUT2D eigenvalue weighted by Gasteiger charge is -2.32. The van der Waals surface area contributed by atoms with Gasteiger partial charge < -0.3 is 24.6 Å². The van der Waals surface area contributed by atoms with Crippen LogP contribution in [-0.4, -0.2) is 56.7 Å². The van der Waals surface area contributed by atoms with Gasteiger partial charge in [0.1, 0.15) is 5.82 Å². The van der Waals surface area contributed by atoms with E-state index in [0.29, 0.717) is 0 Å². The van der Waals surface area contributed by atoms with Crippen molar-refractivity contribution in [2.45, 2.75) is 32.4 Å². The maximum absolute atomic E-state index is 5.48. The Morgan fingerprint density at radius 1 is 1.06 bits per heavy atom. The molecule has 1 aromatic heterocycles. The predicted molar refractivity (Wildman–Crippen MR) is 135 cm³/mol. The number of hydrogen-bond acceptors (Lipinski definition) is 5. The van der Waals surface area contributed by atoms with Crippen molar-refractivity contribution >= 4 is 35.8 Å². The van der Waals surface area contributed by atoms with Crippen LogP contribution in [0.25, 0.3) is 0 Å². The first-order valence-electron chi connectivity index (χ1n) is 10.6. The molecule has 1 aromatic carbocycles. The van der Waals surface area contributed by atoms with Gasteiger partial charge in [-0.3, -0.25) is 4.99 Å². The van der Waals surface area contributed by atoms with E-state index >= 15 is 0 Å². The standard InChI is InChI=1S/C23H31N5O2.HI/c1-24-23(26-15-17-6-8-25-22(12-17)27-9-4-5-10-27)28-11-7-18-13-20(29-2)21(30-3)14-19(18)16-28;/h6,8,12-14H,4-5,7,9-11,15-16H2,1-3H3,(H,24,26);1H. The molecule has 0 amide bonds. The van der Waals surface area contributed by atoms with Crippen LogP contribution >= 0.6 is 24.0 Å². The van der Waals surface area contributed by atoms with E-state index in [9.17, 15) is 0 Å². The zero-order chi connectivity index (χ0) is 20.9. The molecule has 2 aliphatic heterocycles. The van der Waals surface area contributed by atoms with E-state index in [1.807, 2.05) is 13.2 Å². The van der Waals surface area contributed by atoms with Crippen LogP contribution in [0.2, 0.25) is 0 Å². The number of benzene rings is 1. The average Bonchev–Trinajstić information content (AvgIpc) is 3.33. The molecular formula is C23H32IN5O2. The van der Waals surface area contributed by atoms with Crippen molar-refractivity contribution in [2.24, 2.45) is 4.99 Å². The molecule has 4 rings (SSSR count). The van der Waals surface area contributed by atoms with E-state index in [0.717, 1.165) is 62.4 Å². The molecular weight excluding hydrogens is 505 g/mol. The molecule has 0 spiro atoms. The molecule has 168 valence electrons. The van der Waals surface area contributed by atoms with Crippen molar-refractivity contribution in [1.82, 2.24) is 15.2 Å². The Balaban J connectivity index is 0.00000272. The number of pyridine rings is 1. The first kappa shape index (κ1) is 23.4. The summed E-state index contributed by atoms with van der Waals surface area (Å²) in [6.45, 7) is 4.65. The third-order valence-corrected chi connectivity index (χ3v) is 5.92. The molecule has 0 radical (unpaired) electrons. The van der Waals surface area contributed by atoms with Gasteiger partial charge in [0, 0.05) is 46.0 Å². The summed E-state index contributed by atoms with van der Waals surface area (Å²) in [4.78, 5) is 13.7. The zero-order valence-corrected chi connectivity index (χ0v) is 20.9. The molecule has 0 aliphatic carbocycles. The SMILES string of the molecule is CN=C(NCc1ccnc(N2CCCC2)c1)N1CCc2cc(OC)c(OC)cc2C1.I. The number of aromatic nitrogens is 1. The van der Waals surface area contributed by atoms with Gasteiger partial charge in [-0.1, -0.05) is 0 Å². The van der Waals surface area contributed by atoms with Crippen molar-refractivity contribution in [2.75, 3.05) is 45.8 Å². The van der Waals surface area contributed by atoms with E-state index in [1.165, 1.54) is 29.5 Å². The van der Waals surface area contributed by atoms with Gasteiger partial charge in [-0.2, -0.15) is 0 Å². The Morgan fingerprint density at radius 3 is 2.45 bits per heavy atom. The Labute approximate surface area is 201 Å². The Kier molecular flexibility index (Phi) is 8.22. The van der Waals surface area contributed by atoms with Crippen molar-refractivity contribution in [3.63, 3.8) is 0 Å². The summed E-state index contributed by atoms with van der Waals surface area (Å²) < 4.78 is 10.9. The predicted octanol–water partition coefficient (Wildman–Crippen LogP) is 3.45. The van der Waals surface area contributed by atoms with Crippen molar-refractivity contribution in [3.05, 3.63) is 47.2 Å². The highest BCUT2D eigenvalue weighted by molar-refractivity contribution is 14.0. The molecule has 31 heavy (non-hydrogen) atoms. The highest BCUT2D eigenvalue weighted by atomic mass is 127. The Hall–Kier alpha value is -2.23. The maximum atomic E-state index is 5.48. The van der Waals surface area contributed by atoms with Gasteiger partial charge in [-0.15, -0.1) is 24.0 Å². The molecule has 0 bridgehead atoms. The lowest BCUT2D eigenvalue weighted by molar-refractivity contribution is 0.346. The molecule has 2 aromatic rings. The third-order valence-electron chi connectivity index (χ3n) is 5.92. The summed E-state index contributed by atoms with van der Waals surface area (Å²) in [5.74, 6) is 3.55. The summed E-state index contributed by atoms with van der Waals surface area (Å²) in [5.41, 5.74) is 3.78. The van der Waals surface area contributed by atoms with E-state index in [2.05, 4.69) is 49.4 Å². The molecule has 0 saturated carbocycles. The second kappa shape index (κ2) is 10.9. The first-order valence-corrected chi connectivity index (χ1v) is 10.6. The van der Waals surface area contributed by atoms with Crippen LogP contribution in [0.4, 0.5) is 5.82 Å². The van der Waals surface area contributed by atoms with Crippen LogP contribution in [-0.2, 0) is 19.5 Å². The summed E-state index contributed by atoms with van der Waals surface area (Å²) >= 11 is 0. The van der Waals surface area contributed by atoms with E-state index in [4.69, 9.17) is 9.47 Å². The minimum Gasteiger partial charge on any atom is -0.493 e. The van der Waals surface area contributed by atoms with Crippen LogP contribution in [0.1, 0.15) is 29.5 Å². The maximum Gasteiger partial charge on any atom is 0.194 e. The fourth-order valence-electron chi connectivity index (χ4n) is 4.27. The van der Waals surface area contributed by atoms with Crippen molar-refractivity contribution in [3.8, 4) is 11.5 Å². The minimum absolute atomic E-state index is 0. The number of halogens is 1. The van der Waals surface area contributed by atoms with Gasteiger partial charge in [0.15, 0.2) is 17.5 Å².